The molecule has 3 heterocycles. The fourth-order valence-electron chi connectivity index (χ4n) is 2.11. The zero-order valence-electron chi connectivity index (χ0n) is 12.5. The van der Waals surface area contributed by atoms with Crippen molar-refractivity contribution in [3.05, 3.63) is 48.9 Å². The summed E-state index contributed by atoms with van der Waals surface area (Å²) in [4.78, 5) is 8.42. The third-order valence-electron chi connectivity index (χ3n) is 3.63. The predicted octanol–water partition coefficient (Wildman–Crippen LogP) is 2.07. The topological polar surface area (TPSA) is 81.7 Å². The zero-order valence-corrected chi connectivity index (χ0v) is 12.5. The molecule has 3 aromatic heterocycles. The average molecular weight is 298 g/mol. The number of aromatic nitrogens is 5. The molecule has 0 aliphatic carbocycles. The Bertz CT molecular complexity index is 694. The van der Waals surface area contributed by atoms with Crippen LogP contribution in [0.15, 0.2) is 47.5 Å². The van der Waals surface area contributed by atoms with Crippen molar-refractivity contribution in [2.24, 2.45) is 0 Å². The Hall–Kier alpha value is -2.54. The second-order valence-corrected chi connectivity index (χ2v) is 5.15. The van der Waals surface area contributed by atoms with Gasteiger partial charge in [-0.25, -0.2) is 0 Å². The van der Waals surface area contributed by atoms with Gasteiger partial charge in [-0.3, -0.25) is 9.67 Å². The predicted molar refractivity (Wildman–Crippen MR) is 80.8 cm³/mol. The lowest BCUT2D eigenvalue weighted by atomic mass is 10.2. The third-order valence-corrected chi connectivity index (χ3v) is 3.63. The molecule has 0 aliphatic heterocycles. The van der Waals surface area contributed by atoms with Crippen molar-refractivity contribution < 1.29 is 4.52 Å². The Morgan fingerprint density at radius 3 is 2.91 bits per heavy atom. The molecule has 114 valence electrons. The van der Waals surface area contributed by atoms with Crippen LogP contribution in [0.2, 0.25) is 0 Å². The van der Waals surface area contributed by atoms with Crippen molar-refractivity contribution in [3.8, 4) is 11.4 Å². The first-order valence-electron chi connectivity index (χ1n) is 7.19. The average Bonchev–Trinajstić information content (AvgIpc) is 3.24. The van der Waals surface area contributed by atoms with E-state index in [1.54, 1.807) is 18.6 Å². The van der Waals surface area contributed by atoms with Gasteiger partial charge in [-0.15, -0.1) is 0 Å². The summed E-state index contributed by atoms with van der Waals surface area (Å²) >= 11 is 0. The van der Waals surface area contributed by atoms with Gasteiger partial charge in [0, 0.05) is 36.4 Å². The van der Waals surface area contributed by atoms with Crippen LogP contribution in [0.5, 0.6) is 0 Å². The fraction of sp³-hybridized carbons (Fsp3) is 0.333. The molecular formula is C15H18N6O. The van der Waals surface area contributed by atoms with Crippen LogP contribution in [0.4, 0.5) is 0 Å². The molecule has 0 aliphatic rings. The quantitative estimate of drug-likeness (QED) is 0.750. The van der Waals surface area contributed by atoms with Gasteiger partial charge in [0.25, 0.3) is 0 Å². The molecule has 0 bridgehead atoms. The number of nitrogens with zero attached hydrogens (tertiary/aromatic N) is 5. The molecule has 0 aromatic carbocycles. The van der Waals surface area contributed by atoms with E-state index in [4.69, 9.17) is 4.52 Å². The zero-order chi connectivity index (χ0) is 15.4. The molecule has 0 fully saturated rings. The standard InChI is InChI=1S/C15H18N6O/c1-11(12(2)21-8-4-7-18-21)17-10-14-19-15(20-22-14)13-5-3-6-16-9-13/h3-9,11-12,17H,10H2,1-2H3/t11-,12+/m1/s1. The number of pyridine rings is 1. The molecule has 0 amide bonds. The SMILES string of the molecule is C[C@@H](NCc1nc(-c2cccnc2)no1)[C@H](C)n1cccn1. The van der Waals surface area contributed by atoms with Gasteiger partial charge in [-0.2, -0.15) is 10.1 Å². The summed E-state index contributed by atoms with van der Waals surface area (Å²) in [6.45, 7) is 4.73. The number of nitrogens with one attached hydrogen (secondary N) is 1. The molecule has 0 spiro atoms. The molecule has 3 aromatic rings. The van der Waals surface area contributed by atoms with E-state index in [2.05, 4.69) is 39.4 Å². The van der Waals surface area contributed by atoms with E-state index in [0.29, 0.717) is 18.3 Å². The van der Waals surface area contributed by atoms with E-state index in [1.807, 2.05) is 29.1 Å². The Labute approximate surface area is 128 Å². The highest BCUT2D eigenvalue weighted by atomic mass is 16.5. The smallest absolute Gasteiger partial charge is 0.240 e. The van der Waals surface area contributed by atoms with Crippen LogP contribution >= 0.6 is 0 Å². The van der Waals surface area contributed by atoms with Crippen LogP contribution < -0.4 is 5.32 Å². The molecule has 1 N–H and O–H groups in total. The van der Waals surface area contributed by atoms with Crippen LogP contribution in [0.1, 0.15) is 25.8 Å². The minimum Gasteiger partial charge on any atom is -0.338 e. The van der Waals surface area contributed by atoms with Crippen molar-refractivity contribution >= 4 is 0 Å². The molecule has 7 nitrogen and oxygen atoms in total. The first-order chi connectivity index (χ1) is 10.7. The van der Waals surface area contributed by atoms with E-state index in [1.165, 1.54) is 0 Å². The van der Waals surface area contributed by atoms with Gasteiger partial charge in [0.2, 0.25) is 11.7 Å². The van der Waals surface area contributed by atoms with Crippen LogP contribution in [0.25, 0.3) is 11.4 Å². The van der Waals surface area contributed by atoms with Gasteiger partial charge in [0.1, 0.15) is 0 Å². The Morgan fingerprint density at radius 1 is 1.27 bits per heavy atom. The molecule has 7 heteroatoms. The lowest BCUT2D eigenvalue weighted by molar-refractivity contribution is 0.325. The molecule has 0 unspecified atom stereocenters. The van der Waals surface area contributed by atoms with Crippen LogP contribution in [-0.2, 0) is 6.54 Å². The highest BCUT2D eigenvalue weighted by Crippen LogP contribution is 2.14. The van der Waals surface area contributed by atoms with E-state index in [0.717, 1.165) is 5.56 Å². The summed E-state index contributed by atoms with van der Waals surface area (Å²) < 4.78 is 7.19. The van der Waals surface area contributed by atoms with Crippen molar-refractivity contribution in [2.45, 2.75) is 32.5 Å². The lowest BCUT2D eigenvalue weighted by Crippen LogP contribution is -2.33. The van der Waals surface area contributed by atoms with Gasteiger partial charge >= 0.3 is 0 Å². The maximum Gasteiger partial charge on any atom is 0.240 e. The third kappa shape index (κ3) is 3.20. The van der Waals surface area contributed by atoms with E-state index < -0.39 is 0 Å². The van der Waals surface area contributed by atoms with Crippen LogP contribution in [0, 0.1) is 0 Å². The number of rotatable bonds is 6. The van der Waals surface area contributed by atoms with Crippen molar-refractivity contribution in [1.29, 1.82) is 0 Å². The molecule has 0 saturated carbocycles. The number of hydrogen-bond acceptors (Lipinski definition) is 6. The minimum absolute atomic E-state index is 0.216. The summed E-state index contributed by atoms with van der Waals surface area (Å²) in [6, 6.07) is 6.11. The van der Waals surface area contributed by atoms with Gasteiger partial charge in [-0.05, 0) is 32.0 Å². The monoisotopic (exact) mass is 298 g/mol. The van der Waals surface area contributed by atoms with E-state index >= 15 is 0 Å². The molecular weight excluding hydrogens is 280 g/mol. The highest BCUT2D eigenvalue weighted by Gasteiger charge is 2.15. The molecule has 3 rings (SSSR count). The Kier molecular flexibility index (Phi) is 4.24. The molecule has 2 atom stereocenters. The van der Waals surface area contributed by atoms with E-state index in [-0.39, 0.29) is 12.1 Å². The lowest BCUT2D eigenvalue weighted by Gasteiger charge is -2.20. The first kappa shape index (κ1) is 14.4. The van der Waals surface area contributed by atoms with Gasteiger partial charge in [0.15, 0.2) is 0 Å². The largest absolute Gasteiger partial charge is 0.338 e. The maximum absolute atomic E-state index is 5.27. The van der Waals surface area contributed by atoms with Crippen molar-refractivity contribution in [3.63, 3.8) is 0 Å². The first-order valence-corrected chi connectivity index (χ1v) is 7.19. The van der Waals surface area contributed by atoms with E-state index in [9.17, 15) is 0 Å². The minimum atomic E-state index is 0.216. The molecule has 0 saturated heterocycles. The summed E-state index contributed by atoms with van der Waals surface area (Å²) in [6.07, 6.45) is 7.16. The summed E-state index contributed by atoms with van der Waals surface area (Å²) in [5, 5.41) is 11.6. The van der Waals surface area contributed by atoms with Gasteiger partial charge < -0.3 is 9.84 Å². The van der Waals surface area contributed by atoms with Gasteiger partial charge in [-0.1, -0.05) is 5.16 Å². The number of hydrogen-bond donors (Lipinski definition) is 1. The second-order valence-electron chi connectivity index (χ2n) is 5.15. The van der Waals surface area contributed by atoms with Gasteiger partial charge in [0.05, 0.1) is 12.6 Å². The summed E-state index contributed by atoms with van der Waals surface area (Å²) in [7, 11) is 0. The summed E-state index contributed by atoms with van der Waals surface area (Å²) in [5.41, 5.74) is 0.843. The normalized spacial score (nSPS) is 13.9. The second kappa shape index (κ2) is 6.48. The summed E-state index contributed by atoms with van der Waals surface area (Å²) in [5.74, 6) is 1.11. The van der Waals surface area contributed by atoms with Crippen molar-refractivity contribution in [2.75, 3.05) is 0 Å². The van der Waals surface area contributed by atoms with Crippen LogP contribution in [0.3, 0.4) is 0 Å². The Morgan fingerprint density at radius 2 is 2.18 bits per heavy atom. The molecule has 0 radical (unpaired) electrons. The fourth-order valence-corrected chi connectivity index (χ4v) is 2.11. The van der Waals surface area contributed by atoms with Crippen molar-refractivity contribution in [1.82, 2.24) is 30.2 Å². The maximum atomic E-state index is 5.27. The Balaban J connectivity index is 1.59. The highest BCUT2D eigenvalue weighted by molar-refractivity contribution is 5.51. The molecule has 22 heavy (non-hydrogen) atoms. The van der Waals surface area contributed by atoms with Crippen LogP contribution in [-0.4, -0.2) is 30.9 Å².